The summed E-state index contributed by atoms with van der Waals surface area (Å²) in [7, 11) is -3.38. The highest BCUT2D eigenvalue weighted by atomic mass is 32.2. The molecule has 3 N–H and O–H groups in total. The molecule has 17 heavy (non-hydrogen) atoms. The highest BCUT2D eigenvalue weighted by molar-refractivity contribution is 7.89. The van der Waals surface area contributed by atoms with Gasteiger partial charge in [-0.25, -0.2) is 13.1 Å². The number of sulfonamides is 1. The molecule has 0 radical (unpaired) electrons. The van der Waals surface area contributed by atoms with Crippen molar-refractivity contribution in [3.63, 3.8) is 0 Å². The summed E-state index contributed by atoms with van der Waals surface area (Å²) in [6.45, 7) is 2.31. The van der Waals surface area contributed by atoms with Crippen molar-refractivity contribution in [2.75, 3.05) is 0 Å². The summed E-state index contributed by atoms with van der Waals surface area (Å²) in [5.41, 5.74) is 7.24. The van der Waals surface area contributed by atoms with Crippen molar-refractivity contribution >= 4 is 10.0 Å². The normalized spacial score (nSPS) is 16.1. The van der Waals surface area contributed by atoms with Gasteiger partial charge in [0.2, 0.25) is 10.0 Å². The lowest BCUT2D eigenvalue weighted by molar-refractivity contribution is 0.579. The van der Waals surface area contributed by atoms with Gasteiger partial charge in [0.15, 0.2) is 0 Å². The van der Waals surface area contributed by atoms with Gasteiger partial charge in [-0.1, -0.05) is 19.1 Å². The highest BCUT2D eigenvalue weighted by Gasteiger charge is 2.29. The van der Waals surface area contributed by atoms with Crippen molar-refractivity contribution in [3.05, 3.63) is 29.3 Å². The Balaban J connectivity index is 2.39. The van der Waals surface area contributed by atoms with E-state index in [1.807, 2.05) is 19.1 Å². The van der Waals surface area contributed by atoms with Gasteiger partial charge in [-0.05, 0) is 36.5 Å². The molecule has 1 saturated carbocycles. The van der Waals surface area contributed by atoms with Crippen molar-refractivity contribution in [3.8, 4) is 0 Å². The molecule has 0 bridgehead atoms. The van der Waals surface area contributed by atoms with E-state index in [-0.39, 0.29) is 6.04 Å². The molecule has 0 unspecified atom stereocenters. The van der Waals surface area contributed by atoms with Crippen LogP contribution in [0.3, 0.4) is 0 Å². The summed E-state index contributed by atoms with van der Waals surface area (Å²) >= 11 is 0. The van der Waals surface area contributed by atoms with Crippen LogP contribution in [-0.2, 0) is 23.0 Å². The van der Waals surface area contributed by atoms with Crippen LogP contribution in [0.25, 0.3) is 0 Å². The second kappa shape index (κ2) is 4.76. The van der Waals surface area contributed by atoms with Crippen molar-refractivity contribution < 1.29 is 8.42 Å². The largest absolute Gasteiger partial charge is 0.326 e. The Kier molecular flexibility index (Phi) is 3.51. The van der Waals surface area contributed by atoms with Crippen molar-refractivity contribution in [2.45, 2.75) is 43.7 Å². The summed E-state index contributed by atoms with van der Waals surface area (Å²) in [4.78, 5) is 0.384. The fourth-order valence-electron chi connectivity index (χ4n) is 1.75. The molecule has 0 saturated heterocycles. The first-order valence-electron chi connectivity index (χ1n) is 5.91. The molecular formula is C12H18N2O2S. The van der Waals surface area contributed by atoms with Gasteiger partial charge >= 0.3 is 0 Å². The smallest absolute Gasteiger partial charge is 0.241 e. The van der Waals surface area contributed by atoms with E-state index in [9.17, 15) is 8.42 Å². The van der Waals surface area contributed by atoms with Crippen LogP contribution >= 0.6 is 0 Å². The molecular weight excluding hydrogens is 236 g/mol. The second-order valence-corrected chi connectivity index (χ2v) is 6.08. The summed E-state index contributed by atoms with van der Waals surface area (Å²) in [5, 5.41) is 0. The Morgan fingerprint density at radius 3 is 2.65 bits per heavy atom. The molecule has 1 aliphatic carbocycles. The number of nitrogens with two attached hydrogens (primary N) is 1. The van der Waals surface area contributed by atoms with Crippen LogP contribution in [0.4, 0.5) is 0 Å². The van der Waals surface area contributed by atoms with Crippen LogP contribution in [0.15, 0.2) is 23.1 Å². The summed E-state index contributed by atoms with van der Waals surface area (Å²) in [6, 6.07) is 5.55. The maximum atomic E-state index is 12.2. The number of hydrogen-bond acceptors (Lipinski definition) is 3. The van der Waals surface area contributed by atoms with Gasteiger partial charge in [0.1, 0.15) is 0 Å². The van der Waals surface area contributed by atoms with E-state index in [1.165, 1.54) is 0 Å². The Morgan fingerprint density at radius 2 is 2.12 bits per heavy atom. The average molecular weight is 254 g/mol. The molecule has 0 heterocycles. The lowest BCUT2D eigenvalue weighted by Gasteiger charge is -2.11. The standard InChI is InChI=1S/C12H18N2O2S/c1-2-10-4-3-9(8-13)7-12(10)17(15,16)14-11-5-6-11/h3-4,7,11,14H,2,5-6,8,13H2,1H3. The van der Waals surface area contributed by atoms with Gasteiger partial charge in [-0.3, -0.25) is 0 Å². The minimum absolute atomic E-state index is 0.131. The van der Waals surface area contributed by atoms with Gasteiger partial charge in [0.25, 0.3) is 0 Å². The van der Waals surface area contributed by atoms with Gasteiger partial charge < -0.3 is 5.73 Å². The first-order chi connectivity index (χ1) is 8.06. The van der Waals surface area contributed by atoms with E-state index in [4.69, 9.17) is 5.73 Å². The molecule has 0 amide bonds. The minimum atomic E-state index is -3.38. The summed E-state index contributed by atoms with van der Waals surface area (Å²) < 4.78 is 27.1. The van der Waals surface area contributed by atoms with E-state index in [0.29, 0.717) is 17.9 Å². The Morgan fingerprint density at radius 1 is 1.41 bits per heavy atom. The fraction of sp³-hybridized carbons (Fsp3) is 0.500. The summed E-state index contributed by atoms with van der Waals surface area (Å²) in [5.74, 6) is 0. The van der Waals surface area contributed by atoms with E-state index >= 15 is 0 Å². The van der Waals surface area contributed by atoms with Crippen molar-refractivity contribution in [2.24, 2.45) is 5.73 Å². The quantitative estimate of drug-likeness (QED) is 0.828. The van der Waals surface area contributed by atoms with E-state index in [2.05, 4.69) is 4.72 Å². The number of rotatable bonds is 5. The molecule has 2 rings (SSSR count). The van der Waals surface area contributed by atoms with Crippen LogP contribution in [0, 0.1) is 0 Å². The molecule has 0 aliphatic heterocycles. The maximum absolute atomic E-state index is 12.2. The van der Waals surface area contributed by atoms with Crippen LogP contribution in [0.5, 0.6) is 0 Å². The molecule has 0 spiro atoms. The number of aryl methyl sites for hydroxylation is 1. The predicted molar refractivity (Wildman–Crippen MR) is 67.1 cm³/mol. The van der Waals surface area contributed by atoms with E-state index in [1.54, 1.807) is 6.07 Å². The first-order valence-corrected chi connectivity index (χ1v) is 7.39. The number of nitrogens with one attached hydrogen (secondary N) is 1. The van der Waals surface area contributed by atoms with Crippen LogP contribution in [0.2, 0.25) is 0 Å². The lowest BCUT2D eigenvalue weighted by Crippen LogP contribution is -2.26. The molecule has 1 aliphatic rings. The fourth-order valence-corrected chi connectivity index (χ4v) is 3.42. The summed E-state index contributed by atoms with van der Waals surface area (Å²) in [6.07, 6.45) is 2.58. The lowest BCUT2D eigenvalue weighted by atomic mass is 10.1. The Bertz CT molecular complexity index is 507. The van der Waals surface area contributed by atoms with Gasteiger partial charge in [-0.2, -0.15) is 0 Å². The van der Waals surface area contributed by atoms with Crippen molar-refractivity contribution in [1.82, 2.24) is 4.72 Å². The van der Waals surface area contributed by atoms with Gasteiger partial charge in [0.05, 0.1) is 4.90 Å². The zero-order valence-electron chi connectivity index (χ0n) is 9.94. The average Bonchev–Trinajstić information content (AvgIpc) is 3.11. The zero-order valence-corrected chi connectivity index (χ0v) is 10.8. The van der Waals surface area contributed by atoms with Crippen molar-refractivity contribution in [1.29, 1.82) is 0 Å². The Labute approximate surface area is 102 Å². The molecule has 0 aromatic heterocycles. The maximum Gasteiger partial charge on any atom is 0.241 e. The van der Waals surface area contributed by atoms with Gasteiger partial charge in [0, 0.05) is 12.6 Å². The molecule has 1 aromatic carbocycles. The number of benzene rings is 1. The second-order valence-electron chi connectivity index (χ2n) is 4.40. The van der Waals surface area contributed by atoms with E-state index < -0.39 is 10.0 Å². The third kappa shape index (κ3) is 2.86. The Hall–Kier alpha value is -0.910. The predicted octanol–water partition coefficient (Wildman–Crippen LogP) is 1.15. The molecule has 5 heteroatoms. The SMILES string of the molecule is CCc1ccc(CN)cc1S(=O)(=O)NC1CC1. The van der Waals surface area contributed by atoms with Gasteiger partial charge in [-0.15, -0.1) is 0 Å². The van der Waals surface area contributed by atoms with Crippen LogP contribution in [0.1, 0.15) is 30.9 Å². The third-order valence-electron chi connectivity index (χ3n) is 2.94. The van der Waals surface area contributed by atoms with Crippen LogP contribution < -0.4 is 10.5 Å². The minimum Gasteiger partial charge on any atom is -0.326 e. The van der Waals surface area contributed by atoms with E-state index in [0.717, 1.165) is 24.0 Å². The molecule has 0 atom stereocenters. The first kappa shape index (κ1) is 12.5. The topological polar surface area (TPSA) is 72.2 Å². The monoisotopic (exact) mass is 254 g/mol. The molecule has 4 nitrogen and oxygen atoms in total. The molecule has 1 fully saturated rings. The third-order valence-corrected chi connectivity index (χ3v) is 4.54. The molecule has 94 valence electrons. The highest BCUT2D eigenvalue weighted by Crippen LogP contribution is 2.24. The number of hydrogen-bond donors (Lipinski definition) is 2. The molecule has 1 aromatic rings. The zero-order chi connectivity index (χ0) is 12.5. The van der Waals surface area contributed by atoms with Crippen LogP contribution in [-0.4, -0.2) is 14.5 Å².